The second kappa shape index (κ2) is 5.98. The van der Waals surface area contributed by atoms with Gasteiger partial charge in [0.05, 0.1) is 5.69 Å². The molecule has 1 aromatic heterocycles. The van der Waals surface area contributed by atoms with Crippen LogP contribution >= 0.6 is 22.9 Å². The van der Waals surface area contributed by atoms with Crippen LogP contribution in [-0.2, 0) is 4.79 Å². The van der Waals surface area contributed by atoms with Crippen LogP contribution in [0.4, 0.5) is 5.13 Å². The first kappa shape index (κ1) is 13.1. The standard InChI is InChI=1S/C13H13ClN2OS/c1-9-2-4-10(5-3-9)11-8-18-13(15-11)16-12(17)6-7-14/h2-5,8H,6-7H2,1H3,(H,15,16,17). The number of thiazole rings is 1. The average Bonchev–Trinajstić information content (AvgIpc) is 2.78. The first-order chi connectivity index (χ1) is 8.69. The number of rotatable bonds is 4. The van der Waals surface area contributed by atoms with Crippen LogP contribution in [0.25, 0.3) is 11.3 Å². The molecule has 0 bridgehead atoms. The molecule has 1 amide bonds. The molecule has 1 N–H and O–H groups in total. The summed E-state index contributed by atoms with van der Waals surface area (Å²) in [4.78, 5) is 15.7. The lowest BCUT2D eigenvalue weighted by Gasteiger charge is -1.99. The number of halogens is 1. The Morgan fingerprint density at radius 2 is 2.11 bits per heavy atom. The van der Waals surface area contributed by atoms with Crippen molar-refractivity contribution in [1.82, 2.24) is 4.98 Å². The van der Waals surface area contributed by atoms with E-state index in [-0.39, 0.29) is 5.91 Å². The average molecular weight is 281 g/mol. The zero-order valence-electron chi connectivity index (χ0n) is 9.94. The molecule has 0 saturated carbocycles. The van der Waals surface area contributed by atoms with Crippen LogP contribution in [0.15, 0.2) is 29.6 Å². The molecule has 1 aromatic carbocycles. The van der Waals surface area contributed by atoms with Gasteiger partial charge in [0.1, 0.15) is 0 Å². The molecule has 2 rings (SSSR count). The molecule has 0 radical (unpaired) electrons. The highest BCUT2D eigenvalue weighted by atomic mass is 35.5. The molecule has 2 aromatic rings. The summed E-state index contributed by atoms with van der Waals surface area (Å²) in [5.41, 5.74) is 3.14. The Labute approximate surface area is 115 Å². The number of amides is 1. The zero-order valence-corrected chi connectivity index (χ0v) is 11.5. The minimum atomic E-state index is -0.102. The minimum Gasteiger partial charge on any atom is -0.302 e. The lowest BCUT2D eigenvalue weighted by Crippen LogP contribution is -2.11. The molecule has 0 saturated heterocycles. The Morgan fingerprint density at radius 1 is 1.39 bits per heavy atom. The van der Waals surface area contributed by atoms with Crippen LogP contribution in [0.1, 0.15) is 12.0 Å². The molecular formula is C13H13ClN2OS. The molecule has 0 aliphatic rings. The summed E-state index contributed by atoms with van der Waals surface area (Å²) in [5.74, 6) is 0.219. The third-order valence-electron chi connectivity index (χ3n) is 2.42. The van der Waals surface area contributed by atoms with Crippen LogP contribution in [0.3, 0.4) is 0 Å². The second-order valence-corrected chi connectivity index (χ2v) is 5.13. The van der Waals surface area contributed by atoms with Crippen LogP contribution in [0.2, 0.25) is 0 Å². The van der Waals surface area contributed by atoms with E-state index in [2.05, 4.69) is 10.3 Å². The predicted octanol–water partition coefficient (Wildman–Crippen LogP) is 3.69. The van der Waals surface area contributed by atoms with Crippen molar-refractivity contribution in [2.24, 2.45) is 0 Å². The van der Waals surface area contributed by atoms with E-state index in [0.717, 1.165) is 11.3 Å². The first-order valence-corrected chi connectivity index (χ1v) is 6.99. The highest BCUT2D eigenvalue weighted by molar-refractivity contribution is 7.14. The van der Waals surface area contributed by atoms with E-state index in [0.29, 0.717) is 17.4 Å². The fourth-order valence-corrected chi connectivity index (χ4v) is 2.36. The van der Waals surface area contributed by atoms with Crippen LogP contribution < -0.4 is 5.32 Å². The lowest BCUT2D eigenvalue weighted by atomic mass is 10.1. The normalized spacial score (nSPS) is 10.3. The summed E-state index contributed by atoms with van der Waals surface area (Å²) in [5, 5.41) is 5.27. The van der Waals surface area contributed by atoms with Crippen molar-refractivity contribution in [3.63, 3.8) is 0 Å². The van der Waals surface area contributed by atoms with E-state index >= 15 is 0 Å². The molecular weight excluding hydrogens is 268 g/mol. The van der Waals surface area contributed by atoms with Crippen LogP contribution in [0.5, 0.6) is 0 Å². The molecule has 0 unspecified atom stereocenters. The Morgan fingerprint density at radius 3 is 2.78 bits per heavy atom. The highest BCUT2D eigenvalue weighted by Gasteiger charge is 2.07. The maximum absolute atomic E-state index is 11.4. The largest absolute Gasteiger partial charge is 0.302 e. The van der Waals surface area contributed by atoms with E-state index in [4.69, 9.17) is 11.6 Å². The van der Waals surface area contributed by atoms with Crippen LogP contribution in [0, 0.1) is 6.92 Å². The fraction of sp³-hybridized carbons (Fsp3) is 0.231. The number of alkyl halides is 1. The van der Waals surface area contributed by atoms with E-state index in [1.807, 2.05) is 36.6 Å². The molecule has 0 aliphatic carbocycles. The van der Waals surface area contributed by atoms with Crippen molar-refractivity contribution in [2.75, 3.05) is 11.2 Å². The minimum absolute atomic E-state index is 0.102. The Balaban J connectivity index is 2.10. The van der Waals surface area contributed by atoms with Gasteiger partial charge < -0.3 is 5.32 Å². The van der Waals surface area contributed by atoms with Gasteiger partial charge in [0.15, 0.2) is 5.13 Å². The quantitative estimate of drug-likeness (QED) is 0.868. The van der Waals surface area contributed by atoms with Gasteiger partial charge in [-0.15, -0.1) is 22.9 Å². The summed E-state index contributed by atoms with van der Waals surface area (Å²) in [6, 6.07) is 8.13. The number of aryl methyl sites for hydroxylation is 1. The van der Waals surface area contributed by atoms with Crippen molar-refractivity contribution in [3.05, 3.63) is 35.2 Å². The van der Waals surface area contributed by atoms with Gasteiger partial charge in [-0.25, -0.2) is 4.98 Å². The first-order valence-electron chi connectivity index (χ1n) is 5.57. The van der Waals surface area contributed by atoms with Gasteiger partial charge >= 0.3 is 0 Å². The van der Waals surface area contributed by atoms with Crippen molar-refractivity contribution in [1.29, 1.82) is 0 Å². The summed E-state index contributed by atoms with van der Waals surface area (Å²) in [6.07, 6.45) is 0.307. The SMILES string of the molecule is Cc1ccc(-c2csc(NC(=O)CCCl)n2)cc1. The number of hydrogen-bond acceptors (Lipinski definition) is 3. The van der Waals surface area contributed by atoms with Gasteiger partial charge in [-0.1, -0.05) is 29.8 Å². The van der Waals surface area contributed by atoms with Crippen molar-refractivity contribution in [2.45, 2.75) is 13.3 Å². The van der Waals surface area contributed by atoms with E-state index in [9.17, 15) is 4.79 Å². The van der Waals surface area contributed by atoms with Crippen LogP contribution in [-0.4, -0.2) is 16.8 Å². The van der Waals surface area contributed by atoms with Gasteiger partial charge in [0.2, 0.25) is 5.91 Å². The molecule has 1 heterocycles. The number of nitrogens with one attached hydrogen (secondary N) is 1. The molecule has 0 aliphatic heterocycles. The number of anilines is 1. The van der Waals surface area contributed by atoms with Gasteiger partial charge in [0, 0.05) is 23.2 Å². The molecule has 94 valence electrons. The van der Waals surface area contributed by atoms with Gasteiger partial charge in [-0.3, -0.25) is 4.79 Å². The highest BCUT2D eigenvalue weighted by Crippen LogP contribution is 2.25. The predicted molar refractivity (Wildman–Crippen MR) is 76.3 cm³/mol. The van der Waals surface area contributed by atoms with Gasteiger partial charge in [0.25, 0.3) is 0 Å². The molecule has 5 heteroatoms. The molecule has 0 fully saturated rings. The summed E-state index contributed by atoms with van der Waals surface area (Å²) >= 11 is 6.92. The smallest absolute Gasteiger partial charge is 0.227 e. The maximum Gasteiger partial charge on any atom is 0.227 e. The number of nitrogens with zero attached hydrogens (tertiary/aromatic N) is 1. The molecule has 3 nitrogen and oxygen atoms in total. The monoisotopic (exact) mass is 280 g/mol. The summed E-state index contributed by atoms with van der Waals surface area (Å²) in [7, 11) is 0. The van der Waals surface area contributed by atoms with Crippen molar-refractivity contribution < 1.29 is 4.79 Å². The Kier molecular flexibility index (Phi) is 4.33. The molecule has 18 heavy (non-hydrogen) atoms. The van der Waals surface area contributed by atoms with E-state index in [1.54, 1.807) is 0 Å². The number of carbonyl (C=O) groups excluding carboxylic acids is 1. The number of hydrogen-bond donors (Lipinski definition) is 1. The number of carbonyl (C=O) groups is 1. The van der Waals surface area contributed by atoms with Gasteiger partial charge in [-0.05, 0) is 6.92 Å². The van der Waals surface area contributed by atoms with Crippen molar-refractivity contribution in [3.8, 4) is 11.3 Å². The lowest BCUT2D eigenvalue weighted by molar-refractivity contribution is -0.115. The number of benzene rings is 1. The summed E-state index contributed by atoms with van der Waals surface area (Å²) in [6.45, 7) is 2.04. The molecule has 0 atom stereocenters. The summed E-state index contributed by atoms with van der Waals surface area (Å²) < 4.78 is 0. The number of aromatic nitrogens is 1. The third kappa shape index (κ3) is 3.31. The third-order valence-corrected chi connectivity index (χ3v) is 3.37. The second-order valence-electron chi connectivity index (χ2n) is 3.89. The maximum atomic E-state index is 11.4. The molecule has 0 spiro atoms. The van der Waals surface area contributed by atoms with Gasteiger partial charge in [-0.2, -0.15) is 0 Å². The van der Waals surface area contributed by atoms with Crippen molar-refractivity contribution >= 4 is 34.0 Å². The Bertz CT molecular complexity index is 536. The fourth-order valence-electron chi connectivity index (χ4n) is 1.46. The van der Waals surface area contributed by atoms with E-state index < -0.39 is 0 Å². The zero-order chi connectivity index (χ0) is 13.0. The topological polar surface area (TPSA) is 42.0 Å². The Hall–Kier alpha value is -1.39. The van der Waals surface area contributed by atoms with E-state index in [1.165, 1.54) is 16.9 Å².